The molecule has 0 fully saturated rings. The van der Waals surface area contributed by atoms with Gasteiger partial charge in [-0.25, -0.2) is 9.59 Å². The number of aryl methyl sites for hydroxylation is 5. The fourth-order valence-electron chi connectivity index (χ4n) is 5.77. The number of pyridine rings is 2. The van der Waals surface area contributed by atoms with Gasteiger partial charge in [0.25, 0.3) is 0 Å². The van der Waals surface area contributed by atoms with Crippen molar-refractivity contribution in [2.75, 3.05) is 33.2 Å². The van der Waals surface area contributed by atoms with Crippen LogP contribution in [0.3, 0.4) is 0 Å². The van der Waals surface area contributed by atoms with E-state index in [1.807, 2.05) is 71.0 Å². The van der Waals surface area contributed by atoms with Crippen molar-refractivity contribution in [2.24, 2.45) is 0 Å². The molecule has 9 nitrogen and oxygen atoms in total. The maximum absolute atomic E-state index is 13.2. The zero-order valence-electron chi connectivity index (χ0n) is 36.9. The van der Waals surface area contributed by atoms with E-state index in [4.69, 9.17) is 52.9 Å². The van der Waals surface area contributed by atoms with Gasteiger partial charge in [0.05, 0.1) is 11.8 Å². The number of rotatable bonds is 10. The number of nitrogens with zero attached hydrogens (tertiary/aromatic N) is 2. The van der Waals surface area contributed by atoms with E-state index in [0.717, 1.165) is 27.8 Å². The Bertz CT molecular complexity index is 2910. The fourth-order valence-corrected chi connectivity index (χ4v) is 8.39. The summed E-state index contributed by atoms with van der Waals surface area (Å²) in [6.07, 6.45) is -7.81. The van der Waals surface area contributed by atoms with Crippen molar-refractivity contribution in [2.45, 2.75) is 53.9 Å². The Hall–Kier alpha value is -4.18. The Kier molecular flexibility index (Phi) is 18.4. The molecule has 0 bridgehead atoms. The molecule has 0 saturated carbocycles. The quantitative estimate of drug-likeness (QED) is 0.0965. The summed E-state index contributed by atoms with van der Waals surface area (Å²) in [6, 6.07) is 19.5. The zero-order chi connectivity index (χ0) is 49.5. The van der Waals surface area contributed by atoms with Gasteiger partial charge in [-0.15, -0.1) is 0 Å². The smallest absolute Gasteiger partial charge is 0.412 e. The third kappa shape index (κ3) is 15.7. The monoisotopic (exact) mass is 1030 g/mol. The van der Waals surface area contributed by atoms with Crippen LogP contribution < -0.4 is 15.8 Å². The highest BCUT2D eigenvalue weighted by atomic mass is 35.5. The van der Waals surface area contributed by atoms with Crippen LogP contribution in [0.25, 0.3) is 45.2 Å². The first kappa shape index (κ1) is 54.4. The molecule has 0 radical (unpaired) electrons. The summed E-state index contributed by atoms with van der Waals surface area (Å²) in [5, 5.41) is 0.797. The average Bonchev–Trinajstić information content (AvgIpc) is 3.22. The average molecular weight is 1040 g/mol. The molecule has 1 unspecified atom stereocenters. The molecular formula is C45H44Cl2F6N2O7P2S2. The summed E-state index contributed by atoms with van der Waals surface area (Å²) >= 11 is 22.6. The fraction of sp³-hybridized carbons (Fsp3) is 0.289. The SMILES string of the molecule is CP(C)(=S)OCC(F)(F)F.Cc1cc(Cl)c(-c2c(OP(C)(=S)OCC(F)(F)F)c(C)c(-c3ccccn3)oc2=O)cc1C.Cc1cc(Cl)c(-c2cc(C)c(-c3ccccn3)oc2=O)cc1C. The molecule has 4 aromatic heterocycles. The Labute approximate surface area is 397 Å². The Morgan fingerprint density at radius 2 is 1.05 bits per heavy atom. The molecule has 66 heavy (non-hydrogen) atoms. The van der Waals surface area contributed by atoms with Crippen LogP contribution in [0.2, 0.25) is 10.0 Å². The zero-order valence-corrected chi connectivity index (χ0v) is 41.8. The third-order valence-corrected chi connectivity index (χ3v) is 12.6. The molecule has 6 rings (SSSR count). The molecule has 0 N–H and O–H groups in total. The van der Waals surface area contributed by atoms with Gasteiger partial charge in [0.15, 0.2) is 18.1 Å². The maximum Gasteiger partial charge on any atom is 0.412 e. The Morgan fingerprint density at radius 3 is 1.52 bits per heavy atom. The second-order valence-electron chi connectivity index (χ2n) is 15.2. The lowest BCUT2D eigenvalue weighted by Crippen LogP contribution is -2.17. The lowest BCUT2D eigenvalue weighted by molar-refractivity contribution is -0.153. The minimum atomic E-state index is -4.59. The van der Waals surface area contributed by atoms with Crippen LogP contribution in [0.15, 0.2) is 97.5 Å². The molecule has 1 atom stereocenters. The number of aromatic nitrogens is 2. The van der Waals surface area contributed by atoms with Gasteiger partial charge in [-0.05, 0) is 149 Å². The third-order valence-electron chi connectivity index (χ3n) is 9.22. The number of hydrogen-bond donors (Lipinski definition) is 0. The van der Waals surface area contributed by atoms with Crippen LogP contribution in [0.4, 0.5) is 26.3 Å². The first-order valence-electron chi connectivity index (χ1n) is 19.4. The normalized spacial score (nSPS) is 12.6. The van der Waals surface area contributed by atoms with Gasteiger partial charge >= 0.3 is 23.6 Å². The lowest BCUT2D eigenvalue weighted by Gasteiger charge is -2.23. The van der Waals surface area contributed by atoms with E-state index in [1.54, 1.807) is 43.5 Å². The summed E-state index contributed by atoms with van der Waals surface area (Å²) in [4.78, 5) is 34.1. The molecule has 0 spiro atoms. The minimum Gasteiger partial charge on any atom is -0.442 e. The molecule has 0 aliphatic rings. The first-order chi connectivity index (χ1) is 30.5. The van der Waals surface area contributed by atoms with E-state index in [-0.39, 0.29) is 22.1 Å². The summed E-state index contributed by atoms with van der Waals surface area (Å²) in [5.41, 5.74) is 6.26. The largest absolute Gasteiger partial charge is 0.442 e. The number of benzene rings is 2. The van der Waals surface area contributed by atoms with E-state index in [1.165, 1.54) is 26.2 Å². The van der Waals surface area contributed by atoms with E-state index < -0.39 is 49.6 Å². The van der Waals surface area contributed by atoms with Crippen molar-refractivity contribution in [3.8, 4) is 50.9 Å². The number of alkyl halides is 6. The summed E-state index contributed by atoms with van der Waals surface area (Å²) in [6.45, 7) is 9.16. The van der Waals surface area contributed by atoms with E-state index in [9.17, 15) is 35.9 Å². The minimum absolute atomic E-state index is 0.0491. The highest BCUT2D eigenvalue weighted by molar-refractivity contribution is 8.11. The summed E-state index contributed by atoms with van der Waals surface area (Å²) < 4.78 is 98.7. The maximum atomic E-state index is 13.2. The van der Waals surface area contributed by atoms with Crippen LogP contribution in [0.5, 0.6) is 5.75 Å². The predicted octanol–water partition coefficient (Wildman–Crippen LogP) is 14.0. The molecule has 0 aliphatic carbocycles. The van der Waals surface area contributed by atoms with Crippen LogP contribution in [-0.4, -0.2) is 55.5 Å². The van der Waals surface area contributed by atoms with Crippen LogP contribution in [-0.2, 0) is 32.7 Å². The molecule has 2 aromatic carbocycles. The molecule has 4 heterocycles. The first-order valence-corrected chi connectivity index (χ1v) is 26.9. The molecule has 21 heteroatoms. The van der Waals surface area contributed by atoms with Gasteiger partial charge < -0.3 is 22.4 Å². The molecule has 0 saturated heterocycles. The highest BCUT2D eigenvalue weighted by Gasteiger charge is 2.33. The molecule has 0 aliphatic heterocycles. The number of halogens is 8. The van der Waals surface area contributed by atoms with Gasteiger partial charge in [-0.1, -0.05) is 47.1 Å². The van der Waals surface area contributed by atoms with Gasteiger partial charge in [0, 0.05) is 45.8 Å². The summed E-state index contributed by atoms with van der Waals surface area (Å²) in [7, 11) is 0. The Morgan fingerprint density at radius 1 is 0.606 bits per heavy atom. The Balaban J connectivity index is 0.000000249. The van der Waals surface area contributed by atoms with Crippen LogP contribution >= 0.6 is 36.0 Å². The molecular weight excluding hydrogens is 991 g/mol. The lowest BCUT2D eigenvalue weighted by atomic mass is 9.99. The van der Waals surface area contributed by atoms with Crippen molar-refractivity contribution < 1.29 is 48.7 Å². The molecule has 6 aromatic rings. The van der Waals surface area contributed by atoms with Crippen molar-refractivity contribution in [1.29, 1.82) is 0 Å². The van der Waals surface area contributed by atoms with E-state index >= 15 is 0 Å². The molecule has 354 valence electrons. The van der Waals surface area contributed by atoms with Crippen molar-refractivity contribution >= 4 is 59.6 Å². The topological polar surface area (TPSA) is 114 Å². The second-order valence-corrected chi connectivity index (χ2v) is 25.4. The van der Waals surface area contributed by atoms with Gasteiger partial charge in [-0.3, -0.25) is 9.97 Å². The van der Waals surface area contributed by atoms with Crippen molar-refractivity contribution in [1.82, 2.24) is 9.97 Å². The van der Waals surface area contributed by atoms with Crippen LogP contribution in [0, 0.1) is 41.5 Å². The number of hydrogen-bond acceptors (Lipinski definition) is 11. The van der Waals surface area contributed by atoms with E-state index in [0.29, 0.717) is 44.4 Å². The highest BCUT2D eigenvalue weighted by Crippen LogP contribution is 2.51. The summed E-state index contributed by atoms with van der Waals surface area (Å²) in [5.74, 6) is 0.537. The standard InChI is InChI=1S/C22H20ClF3NO4PS.C19H16ClNO2.C4H8F3OPS/c1-12-9-15(16(23)10-13(12)2)18-20(31-32(4,33)29-11-22(24,25)26)14(3)19(30-21(18)28)17-7-5-6-8-27-17;1-11-8-14(16(20)10-12(11)2)15-9-13(3)18(23-19(15)22)17-6-4-5-7-21-17;1-9(2,10)8-3-4(5,6)7/h5-10H,11H2,1-4H3;4-10H,1-3H3;3H2,1-2H3. The predicted molar refractivity (Wildman–Crippen MR) is 257 cm³/mol. The van der Waals surface area contributed by atoms with Gasteiger partial charge in [-0.2, -0.15) is 26.3 Å². The second kappa shape index (κ2) is 22.3. The van der Waals surface area contributed by atoms with E-state index in [2.05, 4.69) is 26.3 Å². The molecule has 0 amide bonds. The van der Waals surface area contributed by atoms with Crippen molar-refractivity contribution in [3.05, 3.63) is 143 Å². The van der Waals surface area contributed by atoms with Crippen LogP contribution in [0.1, 0.15) is 33.4 Å². The van der Waals surface area contributed by atoms with Gasteiger partial charge in [0.2, 0.25) is 6.49 Å². The van der Waals surface area contributed by atoms with Gasteiger partial charge in [0.1, 0.15) is 29.3 Å². The van der Waals surface area contributed by atoms with Crippen molar-refractivity contribution in [3.63, 3.8) is 0 Å².